The molecule has 3 rings (SSSR count). The molecule has 2 aromatic carbocycles. The molecule has 1 aliphatic rings. The van der Waals surface area contributed by atoms with Crippen molar-refractivity contribution in [1.29, 1.82) is 0 Å². The summed E-state index contributed by atoms with van der Waals surface area (Å²) < 4.78 is 6.07. The molecular weight excluding hydrogens is 530 g/mol. The van der Waals surface area contributed by atoms with E-state index in [1.807, 2.05) is 0 Å². The lowest BCUT2D eigenvalue weighted by atomic mass is 10.1. The summed E-state index contributed by atoms with van der Waals surface area (Å²) in [5, 5.41) is 13.7. The summed E-state index contributed by atoms with van der Waals surface area (Å²) in [7, 11) is 1.31. The van der Waals surface area contributed by atoms with Gasteiger partial charge < -0.3 is 4.74 Å². The van der Waals surface area contributed by atoms with Gasteiger partial charge in [-0.1, -0.05) is 22.0 Å². The highest BCUT2D eigenvalue weighted by Gasteiger charge is 2.34. The van der Waals surface area contributed by atoms with Gasteiger partial charge in [0.05, 0.1) is 22.2 Å². The number of carbonyl (C=O) groups excluding carboxylic acids is 2. The van der Waals surface area contributed by atoms with Gasteiger partial charge in [0.25, 0.3) is 11.8 Å². The lowest BCUT2D eigenvalue weighted by Crippen LogP contribution is -2.54. The molecule has 2 amide bonds. The van der Waals surface area contributed by atoms with E-state index in [4.69, 9.17) is 17.0 Å². The van der Waals surface area contributed by atoms with Crippen molar-refractivity contribution in [2.45, 2.75) is 0 Å². The van der Waals surface area contributed by atoms with Crippen LogP contribution >= 0.6 is 44.1 Å². The second-order valence-electron chi connectivity index (χ2n) is 5.75. The first-order valence-corrected chi connectivity index (χ1v) is 9.91. The molecule has 8 nitrogen and oxygen atoms in total. The van der Waals surface area contributed by atoms with Crippen molar-refractivity contribution in [3.8, 4) is 5.75 Å². The van der Waals surface area contributed by atoms with Crippen LogP contribution in [0, 0.1) is 10.1 Å². The van der Waals surface area contributed by atoms with Crippen molar-refractivity contribution < 1.29 is 19.2 Å². The molecule has 11 heteroatoms. The van der Waals surface area contributed by atoms with Crippen molar-refractivity contribution in [3.05, 3.63) is 66.6 Å². The Morgan fingerprint density at radius 2 is 1.97 bits per heavy atom. The quantitative estimate of drug-likeness (QED) is 0.207. The van der Waals surface area contributed by atoms with E-state index in [9.17, 15) is 19.7 Å². The van der Waals surface area contributed by atoms with Gasteiger partial charge in [-0.05, 0) is 64.1 Å². The molecule has 1 fully saturated rings. The number of benzene rings is 2. The third-order valence-electron chi connectivity index (χ3n) is 3.93. The number of anilines is 1. The van der Waals surface area contributed by atoms with E-state index in [2.05, 4.69) is 37.2 Å². The fourth-order valence-corrected chi connectivity index (χ4v) is 3.99. The van der Waals surface area contributed by atoms with E-state index >= 15 is 0 Å². The predicted molar refractivity (Wildman–Crippen MR) is 118 cm³/mol. The van der Waals surface area contributed by atoms with E-state index in [0.717, 1.165) is 4.47 Å². The van der Waals surface area contributed by atoms with Crippen molar-refractivity contribution >= 4 is 78.5 Å². The molecule has 1 N–H and O–H groups in total. The Hall–Kier alpha value is -2.63. The molecule has 0 saturated carbocycles. The number of nitro groups is 1. The van der Waals surface area contributed by atoms with Gasteiger partial charge in [-0.15, -0.1) is 0 Å². The maximum atomic E-state index is 13.0. The third-order valence-corrected chi connectivity index (χ3v) is 5.29. The number of hydrogen-bond acceptors (Lipinski definition) is 6. The predicted octanol–water partition coefficient (Wildman–Crippen LogP) is 3.96. The summed E-state index contributed by atoms with van der Waals surface area (Å²) in [5.74, 6) is -1.30. The number of nitrogens with zero attached hydrogens (tertiary/aromatic N) is 2. The van der Waals surface area contributed by atoms with Gasteiger partial charge in [-0.3, -0.25) is 29.9 Å². The molecule has 0 aliphatic carbocycles. The van der Waals surface area contributed by atoms with E-state index < -0.39 is 16.7 Å². The lowest BCUT2D eigenvalue weighted by molar-refractivity contribution is -0.385. The van der Waals surface area contributed by atoms with E-state index in [1.165, 1.54) is 30.2 Å². The van der Waals surface area contributed by atoms with E-state index in [1.54, 1.807) is 24.3 Å². The number of thiocarbonyl (C=S) groups is 1. The highest BCUT2D eigenvalue weighted by molar-refractivity contribution is 9.10. The molecule has 0 bridgehead atoms. The monoisotopic (exact) mass is 539 g/mol. The summed E-state index contributed by atoms with van der Waals surface area (Å²) in [4.78, 5) is 37.3. The Balaban J connectivity index is 2.09. The van der Waals surface area contributed by atoms with Gasteiger partial charge in [0.2, 0.25) is 5.75 Å². The number of nitro benzene ring substituents is 1. The van der Waals surface area contributed by atoms with Gasteiger partial charge in [-0.2, -0.15) is 0 Å². The van der Waals surface area contributed by atoms with Crippen LogP contribution in [0.2, 0.25) is 0 Å². The zero-order valence-electron chi connectivity index (χ0n) is 14.6. The first kappa shape index (κ1) is 21.1. The van der Waals surface area contributed by atoms with Crippen LogP contribution in [-0.4, -0.2) is 29.0 Å². The maximum absolute atomic E-state index is 13.0. The number of halogens is 2. The number of carbonyl (C=O) groups is 2. The van der Waals surface area contributed by atoms with Crippen LogP contribution in [0.25, 0.3) is 6.08 Å². The average molecular weight is 541 g/mol. The van der Waals surface area contributed by atoms with Crippen molar-refractivity contribution in [2.24, 2.45) is 0 Å². The fraction of sp³-hybridized carbons (Fsp3) is 0.0556. The van der Waals surface area contributed by atoms with Crippen LogP contribution in [0.15, 0.2) is 50.9 Å². The van der Waals surface area contributed by atoms with E-state index in [-0.39, 0.29) is 27.7 Å². The summed E-state index contributed by atoms with van der Waals surface area (Å²) in [6, 6.07) is 9.57. The van der Waals surface area contributed by atoms with Crippen LogP contribution in [0.3, 0.4) is 0 Å². The van der Waals surface area contributed by atoms with E-state index in [0.29, 0.717) is 10.2 Å². The smallest absolute Gasteiger partial charge is 0.312 e. The zero-order valence-corrected chi connectivity index (χ0v) is 18.6. The first-order chi connectivity index (χ1) is 13.7. The standard InChI is InChI=1S/C18H11Br2N3O5S/c1-28-15-13(20)6-9(7-14(15)23(26)27)5-12-16(24)21-18(29)22(17(12)25)11-4-2-3-10(19)8-11/h2-8H,1H3,(H,21,24,29)/b12-5+. The molecule has 2 aromatic rings. The molecule has 0 aromatic heterocycles. The molecule has 1 aliphatic heterocycles. The summed E-state index contributed by atoms with van der Waals surface area (Å²) in [6.07, 6.45) is 1.27. The van der Waals surface area contributed by atoms with Gasteiger partial charge in [-0.25, -0.2) is 0 Å². The summed E-state index contributed by atoms with van der Waals surface area (Å²) >= 11 is 11.7. The van der Waals surface area contributed by atoms with Crippen molar-refractivity contribution in [3.63, 3.8) is 0 Å². The second-order valence-corrected chi connectivity index (χ2v) is 7.91. The Kier molecular flexibility index (Phi) is 6.10. The molecular formula is C18H11Br2N3O5S. The minimum atomic E-state index is -0.694. The Morgan fingerprint density at radius 3 is 2.59 bits per heavy atom. The number of ether oxygens (including phenoxy) is 1. The molecule has 0 radical (unpaired) electrons. The van der Waals surface area contributed by atoms with Crippen LogP contribution in [-0.2, 0) is 9.59 Å². The lowest BCUT2D eigenvalue weighted by Gasteiger charge is -2.29. The molecule has 1 heterocycles. The normalized spacial score (nSPS) is 15.5. The minimum absolute atomic E-state index is 0.0357. The topological polar surface area (TPSA) is 102 Å². The van der Waals surface area contributed by atoms with Crippen molar-refractivity contribution in [1.82, 2.24) is 5.32 Å². The highest BCUT2D eigenvalue weighted by atomic mass is 79.9. The largest absolute Gasteiger partial charge is 0.489 e. The number of nitrogens with one attached hydrogen (secondary N) is 1. The summed E-state index contributed by atoms with van der Waals surface area (Å²) in [6.45, 7) is 0. The van der Waals surface area contributed by atoms with Gasteiger partial charge in [0, 0.05) is 10.5 Å². The Labute approximate surface area is 186 Å². The van der Waals surface area contributed by atoms with Gasteiger partial charge in [0.15, 0.2) is 5.11 Å². The highest BCUT2D eigenvalue weighted by Crippen LogP contribution is 2.37. The maximum Gasteiger partial charge on any atom is 0.312 e. The Morgan fingerprint density at radius 1 is 1.24 bits per heavy atom. The molecule has 0 unspecified atom stereocenters. The van der Waals surface area contributed by atoms with Crippen LogP contribution in [0.4, 0.5) is 11.4 Å². The SMILES string of the molecule is COc1c(Br)cc(/C=C2\C(=O)NC(=S)N(c3cccc(Br)c3)C2=O)cc1[N+](=O)[O-]. The number of rotatable bonds is 4. The number of methoxy groups -OCH3 is 1. The number of hydrogen-bond donors (Lipinski definition) is 1. The molecule has 0 atom stereocenters. The average Bonchev–Trinajstić information content (AvgIpc) is 2.64. The second kappa shape index (κ2) is 8.39. The van der Waals surface area contributed by atoms with Crippen LogP contribution in [0.5, 0.6) is 5.75 Å². The number of amides is 2. The first-order valence-electron chi connectivity index (χ1n) is 7.92. The van der Waals surface area contributed by atoms with Crippen LogP contribution in [0.1, 0.15) is 5.56 Å². The third kappa shape index (κ3) is 4.21. The molecule has 29 heavy (non-hydrogen) atoms. The fourth-order valence-electron chi connectivity index (χ4n) is 2.69. The van der Waals surface area contributed by atoms with Gasteiger partial charge in [0.1, 0.15) is 5.57 Å². The zero-order chi connectivity index (χ0) is 21.3. The van der Waals surface area contributed by atoms with Gasteiger partial charge >= 0.3 is 5.69 Å². The molecule has 1 saturated heterocycles. The van der Waals surface area contributed by atoms with Crippen LogP contribution < -0.4 is 15.0 Å². The minimum Gasteiger partial charge on any atom is -0.489 e. The summed E-state index contributed by atoms with van der Waals surface area (Å²) in [5.41, 5.74) is 0.203. The molecule has 148 valence electrons. The molecule has 0 spiro atoms. The van der Waals surface area contributed by atoms with Crippen molar-refractivity contribution in [2.75, 3.05) is 12.0 Å². The Bertz CT molecular complexity index is 1100.